The second kappa shape index (κ2) is 6.21. The standard InChI is InChI=1S/C12H22N4O3S/c1-4-10-8-16(5-6-19-10)20(17,18)12-11(7-13-3)9(2)14-15-12/h10,13H,4-8H2,1-3H3,(H,14,15). The summed E-state index contributed by atoms with van der Waals surface area (Å²) in [4.78, 5) is 0. The number of aromatic amines is 1. The van der Waals surface area contributed by atoms with Gasteiger partial charge in [0.2, 0.25) is 0 Å². The zero-order valence-electron chi connectivity index (χ0n) is 12.1. The summed E-state index contributed by atoms with van der Waals surface area (Å²) in [6, 6.07) is 0. The van der Waals surface area contributed by atoms with Crippen LogP contribution in [-0.4, -0.2) is 55.8 Å². The van der Waals surface area contributed by atoms with Crippen LogP contribution in [0.1, 0.15) is 24.6 Å². The van der Waals surface area contributed by atoms with Crippen molar-refractivity contribution in [2.45, 2.75) is 37.9 Å². The molecule has 20 heavy (non-hydrogen) atoms. The van der Waals surface area contributed by atoms with Crippen LogP contribution in [0.4, 0.5) is 0 Å². The van der Waals surface area contributed by atoms with Crippen LogP contribution >= 0.6 is 0 Å². The van der Waals surface area contributed by atoms with Gasteiger partial charge in [0.25, 0.3) is 10.0 Å². The molecule has 0 radical (unpaired) electrons. The lowest BCUT2D eigenvalue weighted by atomic mass is 10.2. The molecular formula is C12H22N4O3S. The third-order valence-corrected chi connectivity index (χ3v) is 5.37. The van der Waals surface area contributed by atoms with Gasteiger partial charge in [0.05, 0.1) is 12.7 Å². The monoisotopic (exact) mass is 302 g/mol. The average Bonchev–Trinajstić information content (AvgIpc) is 2.81. The minimum absolute atomic E-state index is 0.0358. The number of morpholine rings is 1. The molecule has 8 heteroatoms. The van der Waals surface area contributed by atoms with Crippen molar-refractivity contribution in [1.82, 2.24) is 19.8 Å². The summed E-state index contributed by atoms with van der Waals surface area (Å²) in [5, 5.41) is 9.87. The van der Waals surface area contributed by atoms with Crippen LogP contribution in [0.2, 0.25) is 0 Å². The Morgan fingerprint density at radius 2 is 2.30 bits per heavy atom. The summed E-state index contributed by atoms with van der Waals surface area (Å²) in [5.41, 5.74) is 1.48. The fourth-order valence-electron chi connectivity index (χ4n) is 2.31. The Kier molecular flexibility index (Phi) is 4.79. The van der Waals surface area contributed by atoms with Gasteiger partial charge in [0, 0.05) is 30.9 Å². The highest BCUT2D eigenvalue weighted by Gasteiger charge is 2.33. The normalized spacial score (nSPS) is 21.2. The molecule has 1 aliphatic rings. The number of aromatic nitrogens is 2. The minimum atomic E-state index is -3.57. The Bertz CT molecular complexity index is 555. The molecular weight excluding hydrogens is 280 g/mol. The molecule has 1 fully saturated rings. The minimum Gasteiger partial charge on any atom is -0.375 e. The van der Waals surface area contributed by atoms with E-state index in [0.29, 0.717) is 31.8 Å². The van der Waals surface area contributed by atoms with Crippen LogP contribution in [0.25, 0.3) is 0 Å². The van der Waals surface area contributed by atoms with Crippen molar-refractivity contribution in [1.29, 1.82) is 0 Å². The summed E-state index contributed by atoms with van der Waals surface area (Å²) >= 11 is 0. The Balaban J connectivity index is 2.30. The summed E-state index contributed by atoms with van der Waals surface area (Å²) in [6.45, 7) is 5.49. The molecule has 0 saturated carbocycles. The lowest BCUT2D eigenvalue weighted by Crippen LogP contribution is -2.45. The van der Waals surface area contributed by atoms with Crippen molar-refractivity contribution in [3.63, 3.8) is 0 Å². The van der Waals surface area contributed by atoms with Crippen LogP contribution in [0.3, 0.4) is 0 Å². The zero-order chi connectivity index (χ0) is 14.8. The number of H-pyrrole nitrogens is 1. The number of rotatable bonds is 5. The summed E-state index contributed by atoms with van der Waals surface area (Å²) in [5.74, 6) is 0. The van der Waals surface area contributed by atoms with Gasteiger partial charge >= 0.3 is 0 Å². The Labute approximate surface area is 119 Å². The van der Waals surface area contributed by atoms with Crippen molar-refractivity contribution in [3.05, 3.63) is 11.3 Å². The molecule has 1 unspecified atom stereocenters. The van der Waals surface area contributed by atoms with Crippen molar-refractivity contribution in [2.75, 3.05) is 26.7 Å². The van der Waals surface area contributed by atoms with Gasteiger partial charge in [-0.25, -0.2) is 8.42 Å². The first-order chi connectivity index (χ1) is 9.50. The quantitative estimate of drug-likeness (QED) is 0.813. The van der Waals surface area contributed by atoms with Crippen LogP contribution in [0.15, 0.2) is 5.03 Å². The fourth-order valence-corrected chi connectivity index (χ4v) is 3.93. The van der Waals surface area contributed by atoms with Gasteiger partial charge in [-0.1, -0.05) is 6.92 Å². The van der Waals surface area contributed by atoms with E-state index in [-0.39, 0.29) is 11.1 Å². The van der Waals surface area contributed by atoms with Crippen LogP contribution in [-0.2, 0) is 21.3 Å². The van der Waals surface area contributed by atoms with E-state index in [9.17, 15) is 8.42 Å². The molecule has 114 valence electrons. The number of nitrogens with one attached hydrogen (secondary N) is 2. The molecule has 2 N–H and O–H groups in total. The molecule has 0 bridgehead atoms. The second-order valence-electron chi connectivity index (χ2n) is 4.93. The molecule has 2 heterocycles. The molecule has 1 aromatic rings. The lowest BCUT2D eigenvalue weighted by Gasteiger charge is -2.31. The average molecular weight is 302 g/mol. The van der Waals surface area contributed by atoms with Gasteiger partial charge in [0.15, 0.2) is 5.03 Å². The predicted octanol–water partition coefficient (Wildman–Crippen LogP) is 0.237. The Hall–Kier alpha value is -0.960. The Morgan fingerprint density at radius 1 is 1.55 bits per heavy atom. The third kappa shape index (κ3) is 2.88. The van der Waals surface area contributed by atoms with E-state index in [1.54, 1.807) is 7.05 Å². The van der Waals surface area contributed by atoms with Crippen molar-refractivity contribution >= 4 is 10.0 Å². The van der Waals surface area contributed by atoms with E-state index >= 15 is 0 Å². The van der Waals surface area contributed by atoms with Gasteiger partial charge < -0.3 is 10.1 Å². The molecule has 0 aromatic carbocycles. The molecule has 1 atom stereocenters. The Morgan fingerprint density at radius 3 is 2.95 bits per heavy atom. The smallest absolute Gasteiger partial charge is 0.262 e. The number of hydrogen-bond donors (Lipinski definition) is 2. The molecule has 2 rings (SSSR count). The van der Waals surface area contributed by atoms with Gasteiger partial charge in [-0.3, -0.25) is 5.10 Å². The highest BCUT2D eigenvalue weighted by atomic mass is 32.2. The highest BCUT2D eigenvalue weighted by Crippen LogP contribution is 2.22. The van der Waals surface area contributed by atoms with Crippen LogP contribution in [0.5, 0.6) is 0 Å². The van der Waals surface area contributed by atoms with Gasteiger partial charge in [0.1, 0.15) is 0 Å². The van der Waals surface area contributed by atoms with E-state index < -0.39 is 10.0 Å². The molecule has 0 aliphatic carbocycles. The molecule has 0 spiro atoms. The zero-order valence-corrected chi connectivity index (χ0v) is 13.0. The highest BCUT2D eigenvalue weighted by molar-refractivity contribution is 7.89. The number of ether oxygens (including phenoxy) is 1. The lowest BCUT2D eigenvalue weighted by molar-refractivity contribution is -0.00286. The van der Waals surface area contributed by atoms with E-state index in [1.165, 1.54) is 4.31 Å². The third-order valence-electron chi connectivity index (χ3n) is 3.53. The fraction of sp³-hybridized carbons (Fsp3) is 0.750. The maximum atomic E-state index is 12.7. The summed E-state index contributed by atoms with van der Waals surface area (Å²) in [7, 11) is -1.78. The SMILES string of the molecule is CCC1CN(S(=O)(=O)c2n[nH]c(C)c2CNC)CCO1. The molecule has 7 nitrogen and oxygen atoms in total. The maximum Gasteiger partial charge on any atom is 0.262 e. The number of hydrogen-bond acceptors (Lipinski definition) is 5. The number of sulfonamides is 1. The van der Waals surface area contributed by atoms with Crippen molar-refractivity contribution in [2.24, 2.45) is 0 Å². The molecule has 1 saturated heterocycles. The number of nitrogens with zero attached hydrogens (tertiary/aromatic N) is 2. The van der Waals surface area contributed by atoms with E-state index in [1.807, 2.05) is 13.8 Å². The van der Waals surface area contributed by atoms with Crippen molar-refractivity contribution < 1.29 is 13.2 Å². The van der Waals surface area contributed by atoms with E-state index in [2.05, 4.69) is 15.5 Å². The van der Waals surface area contributed by atoms with Gasteiger partial charge in [-0.05, 0) is 20.4 Å². The van der Waals surface area contributed by atoms with Gasteiger partial charge in [-0.2, -0.15) is 9.40 Å². The molecule has 1 aliphatic heterocycles. The summed E-state index contributed by atoms with van der Waals surface area (Å²) in [6.07, 6.45) is 0.765. The van der Waals surface area contributed by atoms with Crippen LogP contribution < -0.4 is 5.32 Å². The van der Waals surface area contributed by atoms with E-state index in [4.69, 9.17) is 4.74 Å². The maximum absolute atomic E-state index is 12.7. The predicted molar refractivity (Wildman–Crippen MR) is 74.9 cm³/mol. The van der Waals surface area contributed by atoms with Crippen molar-refractivity contribution in [3.8, 4) is 0 Å². The molecule has 1 aromatic heterocycles. The number of aryl methyl sites for hydroxylation is 1. The topological polar surface area (TPSA) is 87.3 Å². The second-order valence-corrected chi connectivity index (χ2v) is 6.78. The first kappa shape index (κ1) is 15.4. The molecule has 0 amide bonds. The van der Waals surface area contributed by atoms with E-state index in [0.717, 1.165) is 12.1 Å². The largest absolute Gasteiger partial charge is 0.375 e. The first-order valence-electron chi connectivity index (χ1n) is 6.80. The first-order valence-corrected chi connectivity index (χ1v) is 8.24. The van der Waals surface area contributed by atoms with Crippen LogP contribution in [0, 0.1) is 6.92 Å². The summed E-state index contributed by atoms with van der Waals surface area (Å²) < 4.78 is 32.4. The van der Waals surface area contributed by atoms with Gasteiger partial charge in [-0.15, -0.1) is 0 Å².